The lowest BCUT2D eigenvalue weighted by atomic mass is 10.1. The molecule has 0 rings (SSSR count). The third-order valence-corrected chi connectivity index (χ3v) is 1.92. The standard InChI is InChI=1S/C14H18O/c1-7-8-9-11(2)12(3)10-13(4)14(5)15-6/h7-10H,1-3,5H2,4,6H3/b9-8-,13-10-. The van der Waals surface area contributed by atoms with Gasteiger partial charge in [0.2, 0.25) is 0 Å². The Bertz CT molecular complexity index is 340. The summed E-state index contributed by atoms with van der Waals surface area (Å²) in [6, 6.07) is 0. The highest BCUT2D eigenvalue weighted by Crippen LogP contribution is 2.15. The Morgan fingerprint density at radius 3 is 2.20 bits per heavy atom. The molecule has 0 aliphatic carbocycles. The van der Waals surface area contributed by atoms with E-state index < -0.39 is 0 Å². The van der Waals surface area contributed by atoms with Crippen LogP contribution in [0.4, 0.5) is 0 Å². The van der Waals surface area contributed by atoms with Gasteiger partial charge in [-0.1, -0.05) is 44.5 Å². The van der Waals surface area contributed by atoms with Gasteiger partial charge in [-0.25, -0.2) is 0 Å². The van der Waals surface area contributed by atoms with E-state index in [9.17, 15) is 0 Å². The highest BCUT2D eigenvalue weighted by molar-refractivity contribution is 5.46. The molecule has 0 aromatic carbocycles. The number of hydrogen-bond acceptors (Lipinski definition) is 1. The molecule has 0 heterocycles. The van der Waals surface area contributed by atoms with Gasteiger partial charge < -0.3 is 4.74 Å². The van der Waals surface area contributed by atoms with Gasteiger partial charge in [-0.15, -0.1) is 0 Å². The molecule has 0 saturated heterocycles. The van der Waals surface area contributed by atoms with E-state index in [1.165, 1.54) is 0 Å². The van der Waals surface area contributed by atoms with Crippen molar-refractivity contribution in [2.75, 3.05) is 7.11 Å². The van der Waals surface area contributed by atoms with E-state index in [2.05, 4.69) is 26.3 Å². The van der Waals surface area contributed by atoms with Crippen LogP contribution in [0.1, 0.15) is 6.92 Å². The number of hydrogen-bond donors (Lipinski definition) is 0. The molecule has 0 atom stereocenters. The third kappa shape index (κ3) is 4.87. The minimum atomic E-state index is 0.636. The van der Waals surface area contributed by atoms with E-state index >= 15 is 0 Å². The van der Waals surface area contributed by atoms with E-state index in [4.69, 9.17) is 4.74 Å². The third-order valence-electron chi connectivity index (χ3n) is 1.92. The molecule has 0 unspecified atom stereocenters. The monoisotopic (exact) mass is 202 g/mol. The van der Waals surface area contributed by atoms with E-state index in [1.54, 1.807) is 13.2 Å². The average molecular weight is 202 g/mol. The summed E-state index contributed by atoms with van der Waals surface area (Å²) in [7, 11) is 1.59. The van der Waals surface area contributed by atoms with Crippen LogP contribution in [-0.2, 0) is 4.74 Å². The summed E-state index contributed by atoms with van der Waals surface area (Å²) in [5.41, 5.74) is 2.62. The van der Waals surface area contributed by atoms with Crippen LogP contribution in [0.3, 0.4) is 0 Å². The van der Waals surface area contributed by atoms with Gasteiger partial charge in [0.1, 0.15) is 5.76 Å². The molecule has 0 N–H and O–H groups in total. The lowest BCUT2D eigenvalue weighted by molar-refractivity contribution is 0.303. The first-order valence-electron chi connectivity index (χ1n) is 4.61. The summed E-state index contributed by atoms with van der Waals surface area (Å²) in [5.74, 6) is 0.636. The Morgan fingerprint density at radius 2 is 1.73 bits per heavy atom. The largest absolute Gasteiger partial charge is 0.497 e. The normalized spacial score (nSPS) is 11.2. The smallest absolute Gasteiger partial charge is 0.114 e. The second-order valence-corrected chi connectivity index (χ2v) is 3.10. The van der Waals surface area contributed by atoms with Crippen molar-refractivity contribution in [3.05, 3.63) is 73.1 Å². The second kappa shape index (κ2) is 6.66. The Balaban J connectivity index is 4.61. The van der Waals surface area contributed by atoms with Crippen molar-refractivity contribution in [1.29, 1.82) is 0 Å². The van der Waals surface area contributed by atoms with Gasteiger partial charge in [0.25, 0.3) is 0 Å². The van der Waals surface area contributed by atoms with E-state index in [-0.39, 0.29) is 0 Å². The molecule has 1 nitrogen and oxygen atoms in total. The molecule has 0 aliphatic rings. The maximum absolute atomic E-state index is 5.01. The first-order chi connectivity index (χ1) is 7.02. The summed E-state index contributed by atoms with van der Waals surface area (Å²) in [6.45, 7) is 17.0. The zero-order valence-corrected chi connectivity index (χ0v) is 9.55. The van der Waals surface area contributed by atoms with E-state index in [0.29, 0.717) is 5.76 Å². The Morgan fingerprint density at radius 1 is 1.13 bits per heavy atom. The van der Waals surface area contributed by atoms with Crippen molar-refractivity contribution in [2.45, 2.75) is 6.92 Å². The molecule has 0 aromatic heterocycles. The molecule has 0 aromatic rings. The van der Waals surface area contributed by atoms with Crippen molar-refractivity contribution in [1.82, 2.24) is 0 Å². The van der Waals surface area contributed by atoms with Gasteiger partial charge in [0, 0.05) is 0 Å². The second-order valence-electron chi connectivity index (χ2n) is 3.10. The van der Waals surface area contributed by atoms with Gasteiger partial charge in [0.15, 0.2) is 0 Å². The van der Waals surface area contributed by atoms with Crippen molar-refractivity contribution in [3.8, 4) is 0 Å². The molecule has 0 amide bonds. The number of rotatable bonds is 6. The van der Waals surface area contributed by atoms with Crippen LogP contribution >= 0.6 is 0 Å². The number of methoxy groups -OCH3 is 1. The molecule has 0 fully saturated rings. The van der Waals surface area contributed by atoms with Crippen LogP contribution in [0.25, 0.3) is 0 Å². The molecule has 80 valence electrons. The molecule has 0 bridgehead atoms. The van der Waals surface area contributed by atoms with Gasteiger partial charge in [-0.2, -0.15) is 0 Å². The fraction of sp³-hybridized carbons (Fsp3) is 0.143. The lowest BCUT2D eigenvalue weighted by Gasteiger charge is -2.05. The predicted octanol–water partition coefficient (Wildman–Crippen LogP) is 3.95. The van der Waals surface area contributed by atoms with Gasteiger partial charge in [0.05, 0.1) is 7.11 Å². The van der Waals surface area contributed by atoms with Crippen LogP contribution in [0.15, 0.2) is 73.1 Å². The summed E-state index contributed by atoms with van der Waals surface area (Å²) in [6.07, 6.45) is 7.27. The highest BCUT2D eigenvalue weighted by Gasteiger charge is 1.98. The lowest BCUT2D eigenvalue weighted by Crippen LogP contribution is -1.88. The van der Waals surface area contributed by atoms with Crippen molar-refractivity contribution >= 4 is 0 Å². The fourth-order valence-corrected chi connectivity index (χ4v) is 0.887. The zero-order valence-electron chi connectivity index (χ0n) is 9.55. The summed E-state index contributed by atoms with van der Waals surface area (Å²) >= 11 is 0. The summed E-state index contributed by atoms with van der Waals surface area (Å²) in [4.78, 5) is 0. The van der Waals surface area contributed by atoms with Gasteiger partial charge >= 0.3 is 0 Å². The molecule has 1 heteroatoms. The zero-order chi connectivity index (χ0) is 11.8. The number of ether oxygens (including phenoxy) is 1. The van der Waals surface area contributed by atoms with Crippen molar-refractivity contribution in [3.63, 3.8) is 0 Å². The average Bonchev–Trinajstić information content (AvgIpc) is 2.24. The Hall–Kier alpha value is -1.76. The molecule has 0 saturated carbocycles. The topological polar surface area (TPSA) is 9.23 Å². The van der Waals surface area contributed by atoms with E-state index in [0.717, 1.165) is 16.7 Å². The van der Waals surface area contributed by atoms with Gasteiger partial charge in [-0.05, 0) is 29.7 Å². The Kier molecular flexibility index (Phi) is 5.88. The molecular weight excluding hydrogens is 184 g/mol. The SMILES string of the molecule is C=C/C=C\C(=C)C(=C)/C=C(/C)C(=C)OC. The fourth-order valence-electron chi connectivity index (χ4n) is 0.887. The number of allylic oxidation sites excluding steroid dienone is 7. The predicted molar refractivity (Wildman–Crippen MR) is 67.5 cm³/mol. The Labute approximate surface area is 92.5 Å². The minimum absolute atomic E-state index is 0.636. The van der Waals surface area contributed by atoms with Crippen LogP contribution in [0, 0.1) is 0 Å². The first kappa shape index (κ1) is 13.2. The maximum Gasteiger partial charge on any atom is 0.114 e. The van der Waals surface area contributed by atoms with E-state index in [1.807, 2.05) is 25.2 Å². The van der Waals surface area contributed by atoms with Gasteiger partial charge in [-0.3, -0.25) is 0 Å². The van der Waals surface area contributed by atoms with Crippen molar-refractivity contribution < 1.29 is 4.74 Å². The first-order valence-corrected chi connectivity index (χ1v) is 4.61. The highest BCUT2D eigenvalue weighted by atomic mass is 16.5. The van der Waals surface area contributed by atoms with Crippen LogP contribution in [0.5, 0.6) is 0 Å². The summed E-state index contributed by atoms with van der Waals surface area (Å²) in [5, 5.41) is 0. The molecule has 0 aliphatic heterocycles. The van der Waals surface area contributed by atoms with Crippen molar-refractivity contribution in [2.24, 2.45) is 0 Å². The van der Waals surface area contributed by atoms with Crippen LogP contribution < -0.4 is 0 Å². The summed E-state index contributed by atoms with van der Waals surface area (Å²) < 4.78 is 5.01. The quantitative estimate of drug-likeness (QED) is 0.468. The molecule has 15 heavy (non-hydrogen) atoms. The molecular formula is C14H18O. The molecule has 0 radical (unpaired) electrons. The molecule has 0 spiro atoms. The minimum Gasteiger partial charge on any atom is -0.497 e. The maximum atomic E-state index is 5.01. The van der Waals surface area contributed by atoms with Crippen LogP contribution in [0.2, 0.25) is 0 Å². The van der Waals surface area contributed by atoms with Crippen LogP contribution in [-0.4, -0.2) is 7.11 Å².